The summed E-state index contributed by atoms with van der Waals surface area (Å²) in [5.74, 6) is 0.860. The molecule has 1 aromatic carbocycles. The van der Waals surface area contributed by atoms with Crippen LogP contribution in [0.5, 0.6) is 0 Å². The Balaban J connectivity index is 2.86. The van der Waals surface area contributed by atoms with Gasteiger partial charge in [0.25, 0.3) is 0 Å². The highest BCUT2D eigenvalue weighted by Gasteiger charge is 2.54. The van der Waals surface area contributed by atoms with Crippen molar-refractivity contribution >= 4 is 23.4 Å². The fraction of sp³-hybridized carbons (Fsp3) is 0.830. The van der Waals surface area contributed by atoms with Crippen LogP contribution in [0.15, 0.2) is 6.07 Å². The molecule has 0 saturated carbocycles. The van der Waals surface area contributed by atoms with Gasteiger partial charge in [-0.15, -0.1) is 0 Å². The van der Waals surface area contributed by atoms with E-state index in [1.807, 2.05) is 26.8 Å². The molecule has 0 heterocycles. The molecule has 308 valence electrons. The second-order valence-corrected chi connectivity index (χ2v) is 22.7. The van der Waals surface area contributed by atoms with Crippen LogP contribution in [0.3, 0.4) is 0 Å². The van der Waals surface area contributed by atoms with Crippen LogP contribution in [0.4, 0.5) is 21.0 Å². The summed E-state index contributed by atoms with van der Waals surface area (Å²) in [5.41, 5.74) is 5.38. The third-order valence-electron chi connectivity index (χ3n) is 16.1. The number of hydrogen-bond acceptors (Lipinski definition) is 2. The highest BCUT2D eigenvalue weighted by Crippen LogP contribution is 2.61. The van der Waals surface area contributed by atoms with Crippen molar-refractivity contribution in [3.05, 3.63) is 22.8 Å². The summed E-state index contributed by atoms with van der Waals surface area (Å²) >= 11 is 0. The fourth-order valence-corrected chi connectivity index (χ4v) is 8.30. The number of aryl methyl sites for hydroxylation is 2. The average molecular weight is 741 g/mol. The van der Waals surface area contributed by atoms with Crippen molar-refractivity contribution in [2.24, 2.45) is 55.2 Å². The first kappa shape index (κ1) is 48.8. The van der Waals surface area contributed by atoms with Crippen molar-refractivity contribution in [2.75, 3.05) is 23.7 Å². The summed E-state index contributed by atoms with van der Waals surface area (Å²) in [4.78, 5) is 26.4. The predicted octanol–water partition coefficient (Wildman–Crippen LogP) is 13.9. The molecule has 0 saturated heterocycles. The van der Waals surface area contributed by atoms with E-state index in [0.29, 0.717) is 24.9 Å². The van der Waals surface area contributed by atoms with Crippen LogP contribution in [0.25, 0.3) is 0 Å². The number of carbonyl (C=O) groups is 2. The van der Waals surface area contributed by atoms with Gasteiger partial charge < -0.3 is 21.3 Å². The Morgan fingerprint density at radius 1 is 0.566 bits per heavy atom. The van der Waals surface area contributed by atoms with E-state index in [9.17, 15) is 9.59 Å². The van der Waals surface area contributed by atoms with Crippen molar-refractivity contribution in [2.45, 2.75) is 185 Å². The second-order valence-electron chi connectivity index (χ2n) is 22.7. The highest BCUT2D eigenvalue weighted by molar-refractivity contribution is 5.96. The van der Waals surface area contributed by atoms with Crippen molar-refractivity contribution in [3.63, 3.8) is 0 Å². The van der Waals surface area contributed by atoms with Crippen molar-refractivity contribution < 1.29 is 9.59 Å². The van der Waals surface area contributed by atoms with Gasteiger partial charge in [0.15, 0.2) is 0 Å². The Labute approximate surface area is 329 Å². The maximum absolute atomic E-state index is 13.2. The Morgan fingerprint density at radius 2 is 0.981 bits per heavy atom. The standard InChI is InChI=1S/C47H88N4O2/c1-31(29-42(12,13)44(16,17)30-43(14,15)40(6,7)8)24-26-48-38(52)50-36-32(2)28-33(3)37(35(36)5)51-39(53)49-27-25-34(4)45(18,19)47(22,23)46(20,21)41(9,10)11/h28,31,34H,24-27,29-30H2,1-23H3,(H2,48,50,52)(H2,49,51,53). The number of amides is 4. The first-order valence-electron chi connectivity index (χ1n) is 20.7. The molecule has 6 nitrogen and oxygen atoms in total. The molecule has 1 aromatic rings. The van der Waals surface area contributed by atoms with E-state index in [0.717, 1.165) is 53.7 Å². The maximum atomic E-state index is 13.2. The Morgan fingerprint density at radius 3 is 1.38 bits per heavy atom. The first-order valence-corrected chi connectivity index (χ1v) is 20.7. The molecule has 0 aliphatic rings. The van der Waals surface area contributed by atoms with E-state index in [1.165, 1.54) is 0 Å². The summed E-state index contributed by atoms with van der Waals surface area (Å²) in [6.07, 6.45) is 4.05. The van der Waals surface area contributed by atoms with Crippen molar-refractivity contribution in [1.82, 2.24) is 10.6 Å². The SMILES string of the molecule is Cc1cc(C)c(NC(=O)NCCC(C)C(C)(C)C(C)(C)C(C)(C)C(C)(C)C)c(C)c1NC(=O)NCCC(C)CC(C)(C)C(C)(C)CC(C)(C)C(C)(C)C. The summed E-state index contributed by atoms with van der Waals surface area (Å²) in [6, 6.07) is 1.58. The smallest absolute Gasteiger partial charge is 0.319 e. The van der Waals surface area contributed by atoms with Crippen molar-refractivity contribution in [3.8, 4) is 0 Å². The third-order valence-corrected chi connectivity index (χ3v) is 16.1. The normalized spacial score (nSPS) is 15.2. The first-order chi connectivity index (χ1) is 23.5. The van der Waals surface area contributed by atoms with Crippen LogP contribution >= 0.6 is 0 Å². The average Bonchev–Trinajstić information content (AvgIpc) is 2.95. The molecular weight excluding hydrogens is 653 g/mol. The molecule has 2 unspecified atom stereocenters. The van der Waals surface area contributed by atoms with E-state index in [4.69, 9.17) is 0 Å². The van der Waals surface area contributed by atoms with Gasteiger partial charge in [0, 0.05) is 13.1 Å². The van der Waals surface area contributed by atoms with Gasteiger partial charge in [-0.25, -0.2) is 9.59 Å². The van der Waals surface area contributed by atoms with E-state index in [2.05, 4.69) is 160 Å². The molecule has 1 rings (SSSR count). The van der Waals surface area contributed by atoms with E-state index < -0.39 is 0 Å². The molecule has 2 atom stereocenters. The largest absolute Gasteiger partial charge is 0.338 e. The Bertz CT molecular complexity index is 1400. The van der Waals surface area contributed by atoms with Gasteiger partial charge in [0.05, 0.1) is 11.4 Å². The lowest BCUT2D eigenvalue weighted by atomic mass is 9.45. The Kier molecular flexibility index (Phi) is 15.5. The number of anilines is 2. The molecule has 0 spiro atoms. The highest BCUT2D eigenvalue weighted by atomic mass is 16.2. The molecule has 0 fully saturated rings. The van der Waals surface area contributed by atoms with Gasteiger partial charge in [-0.05, 0) is 118 Å². The minimum absolute atomic E-state index is 0.0438. The monoisotopic (exact) mass is 741 g/mol. The van der Waals surface area contributed by atoms with Gasteiger partial charge >= 0.3 is 12.1 Å². The zero-order chi connectivity index (χ0) is 42.0. The molecule has 6 heteroatoms. The molecule has 0 aliphatic carbocycles. The van der Waals surface area contributed by atoms with Gasteiger partial charge in [-0.2, -0.15) is 0 Å². The lowest BCUT2D eigenvalue weighted by molar-refractivity contribution is -0.110. The lowest BCUT2D eigenvalue weighted by Gasteiger charge is -2.60. The molecule has 0 aliphatic heterocycles. The van der Waals surface area contributed by atoms with Crippen LogP contribution in [-0.4, -0.2) is 25.2 Å². The summed E-state index contributed by atoms with van der Waals surface area (Å²) in [6.45, 7) is 54.7. The van der Waals surface area contributed by atoms with Gasteiger partial charge in [-0.1, -0.05) is 145 Å². The number of urea groups is 2. The van der Waals surface area contributed by atoms with Crippen LogP contribution in [0.1, 0.15) is 181 Å². The van der Waals surface area contributed by atoms with Crippen LogP contribution in [0.2, 0.25) is 0 Å². The predicted molar refractivity (Wildman–Crippen MR) is 233 cm³/mol. The zero-order valence-electron chi connectivity index (χ0n) is 39.3. The third kappa shape index (κ3) is 11.4. The molecule has 4 amide bonds. The number of benzene rings is 1. The van der Waals surface area contributed by atoms with E-state index >= 15 is 0 Å². The maximum Gasteiger partial charge on any atom is 0.319 e. The molecule has 0 radical (unpaired) electrons. The number of hydrogen-bond donors (Lipinski definition) is 4. The quantitative estimate of drug-likeness (QED) is 0.136. The molecule has 53 heavy (non-hydrogen) atoms. The summed E-state index contributed by atoms with van der Waals surface area (Å²) < 4.78 is 0. The van der Waals surface area contributed by atoms with E-state index in [-0.39, 0.29) is 55.4 Å². The van der Waals surface area contributed by atoms with E-state index in [1.54, 1.807) is 0 Å². The fourth-order valence-electron chi connectivity index (χ4n) is 8.30. The molecule has 4 N–H and O–H groups in total. The number of nitrogens with one attached hydrogen (secondary N) is 4. The molecular formula is C47H88N4O2. The second kappa shape index (κ2) is 16.9. The summed E-state index contributed by atoms with van der Waals surface area (Å²) in [5, 5.41) is 12.4. The van der Waals surface area contributed by atoms with Gasteiger partial charge in [-0.3, -0.25) is 0 Å². The number of rotatable bonds is 16. The Hall–Kier alpha value is -2.24. The molecule has 0 bridgehead atoms. The van der Waals surface area contributed by atoms with Crippen molar-refractivity contribution in [1.29, 1.82) is 0 Å². The van der Waals surface area contributed by atoms with Gasteiger partial charge in [0.2, 0.25) is 0 Å². The topological polar surface area (TPSA) is 82.3 Å². The van der Waals surface area contributed by atoms with Gasteiger partial charge in [0.1, 0.15) is 0 Å². The van der Waals surface area contributed by atoms with Crippen LogP contribution < -0.4 is 21.3 Å². The number of carbonyl (C=O) groups excluding carboxylic acids is 2. The minimum atomic E-state index is -0.225. The lowest BCUT2D eigenvalue weighted by Crippen LogP contribution is -2.53. The van der Waals surface area contributed by atoms with Crippen LogP contribution in [-0.2, 0) is 0 Å². The minimum Gasteiger partial charge on any atom is -0.338 e. The summed E-state index contributed by atoms with van der Waals surface area (Å²) in [7, 11) is 0. The van der Waals surface area contributed by atoms with Crippen LogP contribution in [0, 0.1) is 75.9 Å². The zero-order valence-corrected chi connectivity index (χ0v) is 39.3. The molecule has 0 aromatic heterocycles.